The molecule has 3 aromatic rings. The number of pyridine rings is 1. The first-order chi connectivity index (χ1) is 10.6. The van der Waals surface area contributed by atoms with Gasteiger partial charge >= 0.3 is 5.97 Å². The van der Waals surface area contributed by atoms with E-state index in [0.29, 0.717) is 23.0 Å². The monoisotopic (exact) mass is 297 g/mol. The summed E-state index contributed by atoms with van der Waals surface area (Å²) in [6.45, 7) is 2.08. The van der Waals surface area contributed by atoms with Crippen LogP contribution >= 0.6 is 0 Å². The Balaban J connectivity index is 2.11. The molecule has 0 spiro atoms. The van der Waals surface area contributed by atoms with Crippen LogP contribution in [-0.4, -0.2) is 27.3 Å². The number of carbonyl (C=O) groups is 1. The molecule has 1 aromatic carbocycles. The Bertz CT molecular complexity index is 950. The topological polar surface area (TPSA) is 77.0 Å². The maximum atomic E-state index is 12.6. The average Bonchev–Trinajstić information content (AvgIpc) is 2.87. The van der Waals surface area contributed by atoms with Gasteiger partial charge in [-0.3, -0.25) is 9.48 Å². The van der Waals surface area contributed by atoms with Gasteiger partial charge in [-0.15, -0.1) is 0 Å². The second-order valence-electron chi connectivity index (χ2n) is 4.87. The molecular weight excluding hydrogens is 282 g/mol. The standard InChI is InChI=1S/C16H15N3O3/c1-3-22-14(20)7-5-10-4-6-12-11(8-10)16(21)15-13(18-12)9-17-19(15)2/h4-9H,3H2,1-2H3,(H,18,21)/b7-5+. The van der Waals surface area contributed by atoms with Crippen LogP contribution in [0.5, 0.6) is 0 Å². The van der Waals surface area contributed by atoms with Crippen molar-refractivity contribution in [3.8, 4) is 0 Å². The van der Waals surface area contributed by atoms with E-state index in [0.717, 1.165) is 11.1 Å². The number of H-pyrrole nitrogens is 1. The molecule has 0 atom stereocenters. The summed E-state index contributed by atoms with van der Waals surface area (Å²) < 4.78 is 6.38. The molecule has 6 nitrogen and oxygen atoms in total. The average molecular weight is 297 g/mol. The third-order valence-corrected chi connectivity index (χ3v) is 3.41. The SMILES string of the molecule is CCOC(=O)/C=C/c1ccc2[nH]c3cnn(C)c3c(=O)c2c1. The Labute approximate surface area is 126 Å². The minimum atomic E-state index is -0.404. The first kappa shape index (κ1) is 14.1. The van der Waals surface area contributed by atoms with Gasteiger partial charge in [-0.25, -0.2) is 4.79 Å². The number of carbonyl (C=O) groups excluding carboxylic acids is 1. The molecule has 3 rings (SSSR count). The highest BCUT2D eigenvalue weighted by Crippen LogP contribution is 2.16. The third-order valence-electron chi connectivity index (χ3n) is 3.41. The molecule has 0 bridgehead atoms. The van der Waals surface area contributed by atoms with E-state index in [9.17, 15) is 9.59 Å². The Morgan fingerprint density at radius 3 is 3.00 bits per heavy atom. The van der Waals surface area contributed by atoms with Crippen LogP contribution in [0, 0.1) is 0 Å². The lowest BCUT2D eigenvalue weighted by Crippen LogP contribution is -2.08. The van der Waals surface area contributed by atoms with E-state index >= 15 is 0 Å². The fraction of sp³-hybridized carbons (Fsp3) is 0.188. The molecule has 0 fully saturated rings. The highest BCUT2D eigenvalue weighted by atomic mass is 16.5. The molecule has 0 saturated heterocycles. The lowest BCUT2D eigenvalue weighted by Gasteiger charge is -2.02. The molecule has 0 radical (unpaired) electrons. The summed E-state index contributed by atoms with van der Waals surface area (Å²) in [4.78, 5) is 27.1. The first-order valence-electron chi connectivity index (χ1n) is 6.92. The zero-order chi connectivity index (χ0) is 15.7. The number of aryl methyl sites for hydroxylation is 1. The van der Waals surface area contributed by atoms with Crippen LogP contribution in [0.2, 0.25) is 0 Å². The zero-order valence-electron chi connectivity index (χ0n) is 12.3. The molecule has 0 saturated carbocycles. The van der Waals surface area contributed by atoms with Crippen LogP contribution in [0.3, 0.4) is 0 Å². The number of nitrogens with zero attached hydrogens (tertiary/aromatic N) is 2. The number of nitrogens with one attached hydrogen (secondary N) is 1. The molecule has 0 aliphatic carbocycles. The van der Waals surface area contributed by atoms with Crippen molar-refractivity contribution in [2.75, 3.05) is 6.61 Å². The molecule has 2 aromatic heterocycles. The van der Waals surface area contributed by atoms with Crippen LogP contribution in [0.25, 0.3) is 28.0 Å². The predicted octanol–water partition coefficient (Wildman–Crippen LogP) is 1.99. The maximum Gasteiger partial charge on any atom is 0.330 e. The fourth-order valence-corrected chi connectivity index (χ4v) is 2.39. The van der Waals surface area contributed by atoms with Crippen molar-refractivity contribution in [1.82, 2.24) is 14.8 Å². The van der Waals surface area contributed by atoms with Gasteiger partial charge in [0.15, 0.2) is 0 Å². The lowest BCUT2D eigenvalue weighted by atomic mass is 10.1. The number of hydrogen-bond acceptors (Lipinski definition) is 4. The Morgan fingerprint density at radius 1 is 1.41 bits per heavy atom. The van der Waals surface area contributed by atoms with Gasteiger partial charge < -0.3 is 9.72 Å². The number of rotatable bonds is 3. The Morgan fingerprint density at radius 2 is 2.23 bits per heavy atom. The first-order valence-corrected chi connectivity index (χ1v) is 6.92. The summed E-state index contributed by atoms with van der Waals surface area (Å²) in [5.74, 6) is -0.404. The zero-order valence-corrected chi connectivity index (χ0v) is 12.3. The van der Waals surface area contributed by atoms with E-state index in [4.69, 9.17) is 4.74 Å². The Kier molecular flexibility index (Phi) is 3.50. The maximum absolute atomic E-state index is 12.6. The molecule has 1 N–H and O–H groups in total. The Hall–Kier alpha value is -2.89. The van der Waals surface area contributed by atoms with E-state index < -0.39 is 5.97 Å². The van der Waals surface area contributed by atoms with Crippen LogP contribution in [0.4, 0.5) is 0 Å². The molecular formula is C16H15N3O3. The van der Waals surface area contributed by atoms with Crippen LogP contribution in [0.15, 0.2) is 35.3 Å². The number of esters is 1. The molecule has 2 heterocycles. The highest BCUT2D eigenvalue weighted by Gasteiger charge is 2.09. The van der Waals surface area contributed by atoms with E-state index in [1.54, 1.807) is 37.0 Å². The van der Waals surface area contributed by atoms with Crippen LogP contribution < -0.4 is 5.43 Å². The van der Waals surface area contributed by atoms with Gasteiger partial charge in [-0.2, -0.15) is 5.10 Å². The highest BCUT2D eigenvalue weighted by molar-refractivity contribution is 5.93. The summed E-state index contributed by atoms with van der Waals surface area (Å²) >= 11 is 0. The quantitative estimate of drug-likeness (QED) is 0.592. The van der Waals surface area contributed by atoms with Crippen molar-refractivity contribution in [2.24, 2.45) is 7.05 Å². The summed E-state index contributed by atoms with van der Waals surface area (Å²) in [6.07, 6.45) is 4.61. The number of aromatic amines is 1. The van der Waals surface area contributed by atoms with Crippen LogP contribution in [-0.2, 0) is 16.6 Å². The van der Waals surface area contributed by atoms with Crippen molar-refractivity contribution in [3.63, 3.8) is 0 Å². The summed E-state index contributed by atoms with van der Waals surface area (Å²) in [6, 6.07) is 5.39. The van der Waals surface area contributed by atoms with Crippen molar-refractivity contribution >= 4 is 34.0 Å². The van der Waals surface area contributed by atoms with Gasteiger partial charge in [0.2, 0.25) is 5.43 Å². The molecule has 0 aliphatic heterocycles. The molecule has 0 aliphatic rings. The minimum absolute atomic E-state index is 0.0878. The molecule has 6 heteroatoms. The van der Waals surface area contributed by atoms with Gasteiger partial charge in [0.1, 0.15) is 5.52 Å². The normalized spacial score (nSPS) is 11.5. The smallest absolute Gasteiger partial charge is 0.330 e. The van der Waals surface area contributed by atoms with Crippen molar-refractivity contribution in [1.29, 1.82) is 0 Å². The van der Waals surface area contributed by atoms with Gasteiger partial charge in [0.05, 0.1) is 18.3 Å². The summed E-state index contributed by atoms with van der Waals surface area (Å²) in [7, 11) is 1.73. The second-order valence-corrected chi connectivity index (χ2v) is 4.87. The minimum Gasteiger partial charge on any atom is -0.463 e. The third kappa shape index (κ3) is 2.39. The second kappa shape index (κ2) is 5.48. The van der Waals surface area contributed by atoms with E-state index in [1.807, 2.05) is 12.1 Å². The lowest BCUT2D eigenvalue weighted by molar-refractivity contribution is -0.137. The fourth-order valence-electron chi connectivity index (χ4n) is 2.39. The van der Waals surface area contributed by atoms with Crippen LogP contribution in [0.1, 0.15) is 12.5 Å². The van der Waals surface area contributed by atoms with Gasteiger partial charge in [0, 0.05) is 24.0 Å². The summed E-state index contributed by atoms with van der Waals surface area (Å²) in [5, 5.41) is 4.65. The number of fused-ring (bicyclic) bond motifs is 2. The number of ether oxygens (including phenoxy) is 1. The summed E-state index contributed by atoms with van der Waals surface area (Å²) in [5.41, 5.74) is 2.63. The molecule has 112 valence electrons. The number of hydrogen-bond donors (Lipinski definition) is 1. The molecule has 0 amide bonds. The van der Waals surface area contributed by atoms with Gasteiger partial charge in [-0.1, -0.05) is 6.07 Å². The van der Waals surface area contributed by atoms with Crippen molar-refractivity contribution in [3.05, 3.63) is 46.3 Å². The van der Waals surface area contributed by atoms with E-state index in [2.05, 4.69) is 10.1 Å². The van der Waals surface area contributed by atoms with Gasteiger partial charge in [-0.05, 0) is 30.7 Å². The van der Waals surface area contributed by atoms with E-state index in [1.165, 1.54) is 6.08 Å². The number of aromatic nitrogens is 3. The number of benzene rings is 1. The van der Waals surface area contributed by atoms with Crippen molar-refractivity contribution in [2.45, 2.75) is 6.92 Å². The largest absolute Gasteiger partial charge is 0.463 e. The van der Waals surface area contributed by atoms with Gasteiger partial charge in [0.25, 0.3) is 0 Å². The molecule has 0 unspecified atom stereocenters. The van der Waals surface area contributed by atoms with E-state index in [-0.39, 0.29) is 5.43 Å². The predicted molar refractivity (Wildman–Crippen MR) is 84.5 cm³/mol. The molecule has 22 heavy (non-hydrogen) atoms. The van der Waals surface area contributed by atoms with Crippen molar-refractivity contribution < 1.29 is 9.53 Å².